The highest BCUT2D eigenvalue weighted by atomic mass is 19.1. The largest absolute Gasteiger partial charge is 0.367 e. The van der Waals surface area contributed by atoms with Crippen LogP contribution in [0.4, 0.5) is 8.78 Å². The summed E-state index contributed by atoms with van der Waals surface area (Å²) in [4.78, 5) is 0. The van der Waals surface area contributed by atoms with Crippen LogP contribution in [0.2, 0.25) is 0 Å². The van der Waals surface area contributed by atoms with E-state index in [1.54, 1.807) is 24.3 Å². The molecule has 4 aromatic rings. The summed E-state index contributed by atoms with van der Waals surface area (Å²) < 4.78 is 35.0. The van der Waals surface area contributed by atoms with E-state index >= 15 is 0 Å². The van der Waals surface area contributed by atoms with E-state index in [1.807, 2.05) is 12.1 Å². The lowest BCUT2D eigenvalue weighted by Crippen LogP contribution is -2.11. The summed E-state index contributed by atoms with van der Waals surface area (Å²) in [6, 6.07) is 20.8. The zero-order chi connectivity index (χ0) is 19.5. The standard InChI is InChI=1S/C24H21F2NO/c1-17-16-27(23-5-3-2-4-22(17)23)14-15-28-24(18-6-10-20(25)11-7-18)19-8-12-21(26)13-9-19/h2-13,16,24H,14-15H2,1H3. The molecule has 0 unspecified atom stereocenters. The highest BCUT2D eigenvalue weighted by Gasteiger charge is 2.15. The summed E-state index contributed by atoms with van der Waals surface area (Å²) in [5, 5.41) is 1.23. The molecule has 1 heterocycles. The predicted molar refractivity (Wildman–Crippen MR) is 107 cm³/mol. The van der Waals surface area contributed by atoms with Crippen molar-refractivity contribution in [2.24, 2.45) is 0 Å². The summed E-state index contributed by atoms with van der Waals surface area (Å²) >= 11 is 0. The van der Waals surface area contributed by atoms with E-state index in [1.165, 1.54) is 40.7 Å². The van der Waals surface area contributed by atoms with Crippen molar-refractivity contribution < 1.29 is 13.5 Å². The van der Waals surface area contributed by atoms with E-state index < -0.39 is 0 Å². The van der Waals surface area contributed by atoms with Crippen molar-refractivity contribution >= 4 is 10.9 Å². The average molecular weight is 377 g/mol. The SMILES string of the molecule is Cc1cn(CCOC(c2ccc(F)cc2)c2ccc(F)cc2)c2ccccc12. The Balaban J connectivity index is 1.55. The van der Waals surface area contributed by atoms with Crippen LogP contribution in [0.5, 0.6) is 0 Å². The van der Waals surface area contributed by atoms with Crippen LogP contribution in [0.3, 0.4) is 0 Å². The van der Waals surface area contributed by atoms with Gasteiger partial charge in [0.1, 0.15) is 17.7 Å². The predicted octanol–water partition coefficient (Wildman–Crippen LogP) is 6.03. The summed E-state index contributed by atoms with van der Waals surface area (Å²) in [7, 11) is 0. The van der Waals surface area contributed by atoms with E-state index in [-0.39, 0.29) is 17.7 Å². The zero-order valence-electron chi connectivity index (χ0n) is 15.6. The van der Waals surface area contributed by atoms with Crippen LogP contribution in [0.1, 0.15) is 22.8 Å². The van der Waals surface area contributed by atoms with Crippen LogP contribution >= 0.6 is 0 Å². The molecule has 0 atom stereocenters. The molecule has 0 aliphatic heterocycles. The number of aryl methyl sites for hydroxylation is 1. The molecule has 0 amide bonds. The maximum absolute atomic E-state index is 13.3. The van der Waals surface area contributed by atoms with Crippen molar-refractivity contribution in [2.45, 2.75) is 19.6 Å². The maximum atomic E-state index is 13.3. The Kier molecular flexibility index (Phi) is 5.22. The highest BCUT2D eigenvalue weighted by Crippen LogP contribution is 2.27. The van der Waals surface area contributed by atoms with Crippen molar-refractivity contribution in [3.63, 3.8) is 0 Å². The Morgan fingerprint density at radius 3 is 2.00 bits per heavy atom. The van der Waals surface area contributed by atoms with Gasteiger partial charge < -0.3 is 9.30 Å². The molecule has 4 heteroatoms. The van der Waals surface area contributed by atoms with Gasteiger partial charge in [-0.25, -0.2) is 8.78 Å². The summed E-state index contributed by atoms with van der Waals surface area (Å²) in [5.41, 5.74) is 4.07. The minimum Gasteiger partial charge on any atom is -0.367 e. The van der Waals surface area contributed by atoms with Gasteiger partial charge in [-0.1, -0.05) is 42.5 Å². The molecule has 2 nitrogen and oxygen atoms in total. The van der Waals surface area contributed by atoms with Gasteiger partial charge >= 0.3 is 0 Å². The van der Waals surface area contributed by atoms with Crippen LogP contribution < -0.4 is 0 Å². The molecule has 0 fully saturated rings. The van der Waals surface area contributed by atoms with Crippen molar-refractivity contribution in [3.8, 4) is 0 Å². The number of halogens is 2. The molecular weight excluding hydrogens is 356 g/mol. The zero-order valence-corrected chi connectivity index (χ0v) is 15.6. The fraction of sp³-hybridized carbons (Fsp3) is 0.167. The first-order chi connectivity index (χ1) is 13.6. The van der Waals surface area contributed by atoms with E-state index in [9.17, 15) is 8.78 Å². The molecule has 0 bridgehead atoms. The Morgan fingerprint density at radius 1 is 0.821 bits per heavy atom. The van der Waals surface area contributed by atoms with Crippen molar-refractivity contribution in [3.05, 3.63) is 107 Å². The third-order valence-corrected chi connectivity index (χ3v) is 4.95. The fourth-order valence-corrected chi connectivity index (χ4v) is 3.54. The maximum Gasteiger partial charge on any atom is 0.123 e. The number of para-hydroxylation sites is 1. The number of benzene rings is 3. The lowest BCUT2D eigenvalue weighted by atomic mass is 10.0. The molecule has 0 saturated heterocycles. The molecule has 4 rings (SSSR count). The first-order valence-corrected chi connectivity index (χ1v) is 9.29. The van der Waals surface area contributed by atoms with Gasteiger partial charge in [0.2, 0.25) is 0 Å². The second kappa shape index (κ2) is 7.95. The van der Waals surface area contributed by atoms with E-state index in [0.717, 1.165) is 11.1 Å². The summed E-state index contributed by atoms with van der Waals surface area (Å²) in [6.07, 6.45) is 1.74. The quantitative estimate of drug-likeness (QED) is 0.400. The van der Waals surface area contributed by atoms with Crippen LogP contribution in [0.25, 0.3) is 10.9 Å². The number of aromatic nitrogens is 1. The van der Waals surface area contributed by atoms with Gasteiger partial charge in [-0.15, -0.1) is 0 Å². The van der Waals surface area contributed by atoms with Crippen molar-refractivity contribution in [1.82, 2.24) is 4.57 Å². The van der Waals surface area contributed by atoms with Gasteiger partial charge in [0.25, 0.3) is 0 Å². The van der Waals surface area contributed by atoms with Crippen LogP contribution in [-0.4, -0.2) is 11.2 Å². The third-order valence-electron chi connectivity index (χ3n) is 4.95. The molecule has 0 radical (unpaired) electrons. The number of fused-ring (bicyclic) bond motifs is 1. The second-order valence-electron chi connectivity index (χ2n) is 6.88. The molecular formula is C24H21F2NO. The highest BCUT2D eigenvalue weighted by molar-refractivity contribution is 5.83. The summed E-state index contributed by atoms with van der Waals surface area (Å²) in [6.45, 7) is 3.25. The van der Waals surface area contributed by atoms with Gasteiger partial charge in [-0.05, 0) is 53.9 Å². The fourth-order valence-electron chi connectivity index (χ4n) is 3.54. The normalized spacial score (nSPS) is 11.4. The van der Waals surface area contributed by atoms with E-state index in [2.05, 4.69) is 29.8 Å². The number of hydrogen-bond donors (Lipinski definition) is 0. The van der Waals surface area contributed by atoms with Crippen molar-refractivity contribution in [2.75, 3.05) is 6.61 Å². The smallest absolute Gasteiger partial charge is 0.123 e. The van der Waals surface area contributed by atoms with Crippen LogP contribution in [0, 0.1) is 18.6 Å². The van der Waals surface area contributed by atoms with Crippen LogP contribution in [0.15, 0.2) is 79.0 Å². The van der Waals surface area contributed by atoms with Crippen LogP contribution in [-0.2, 0) is 11.3 Å². The molecule has 1 aromatic heterocycles. The first kappa shape index (κ1) is 18.4. The van der Waals surface area contributed by atoms with Gasteiger partial charge in [0.15, 0.2) is 0 Å². The van der Waals surface area contributed by atoms with Gasteiger partial charge in [0, 0.05) is 23.6 Å². The third kappa shape index (κ3) is 3.82. The number of nitrogens with zero attached hydrogens (tertiary/aromatic N) is 1. The number of ether oxygens (including phenoxy) is 1. The monoisotopic (exact) mass is 377 g/mol. The Hall–Kier alpha value is -2.98. The molecule has 28 heavy (non-hydrogen) atoms. The van der Waals surface area contributed by atoms with Gasteiger partial charge in [0.05, 0.1) is 6.61 Å². The molecule has 0 spiro atoms. The molecule has 0 aliphatic carbocycles. The van der Waals surface area contributed by atoms with Gasteiger partial charge in [-0.3, -0.25) is 0 Å². The second-order valence-corrected chi connectivity index (χ2v) is 6.88. The van der Waals surface area contributed by atoms with E-state index in [4.69, 9.17) is 4.74 Å². The topological polar surface area (TPSA) is 14.2 Å². The summed E-state index contributed by atoms with van der Waals surface area (Å²) in [5.74, 6) is -0.591. The number of hydrogen-bond acceptors (Lipinski definition) is 1. The Morgan fingerprint density at radius 2 is 1.39 bits per heavy atom. The molecule has 3 aromatic carbocycles. The Labute approximate surface area is 163 Å². The first-order valence-electron chi connectivity index (χ1n) is 9.29. The van der Waals surface area contributed by atoms with Crippen molar-refractivity contribution in [1.29, 1.82) is 0 Å². The molecule has 0 saturated carbocycles. The molecule has 0 aliphatic rings. The van der Waals surface area contributed by atoms with Gasteiger partial charge in [-0.2, -0.15) is 0 Å². The lowest BCUT2D eigenvalue weighted by molar-refractivity contribution is 0.0743. The minimum atomic E-state index is -0.385. The molecule has 0 N–H and O–H groups in total. The Bertz CT molecular complexity index is 1020. The average Bonchev–Trinajstić information content (AvgIpc) is 3.03. The number of rotatable bonds is 6. The molecule has 142 valence electrons. The minimum absolute atomic E-state index is 0.295. The van der Waals surface area contributed by atoms with E-state index in [0.29, 0.717) is 13.2 Å². The lowest BCUT2D eigenvalue weighted by Gasteiger charge is -2.19.